The maximum absolute atomic E-state index is 12.8. The number of hydrogen-bond acceptors (Lipinski definition) is 7. The highest BCUT2D eigenvalue weighted by Gasteiger charge is 2.39. The van der Waals surface area contributed by atoms with Gasteiger partial charge in [0, 0.05) is 44.8 Å². The molecule has 1 amide bonds. The molecule has 28 heavy (non-hydrogen) atoms. The van der Waals surface area contributed by atoms with E-state index >= 15 is 0 Å². The van der Waals surface area contributed by atoms with Crippen LogP contribution in [0, 0.1) is 32.1 Å². The van der Waals surface area contributed by atoms with Crippen molar-refractivity contribution in [2.45, 2.75) is 56.5 Å². The van der Waals surface area contributed by atoms with Gasteiger partial charge in [-0.25, -0.2) is 8.42 Å². The lowest BCUT2D eigenvalue weighted by atomic mass is 9.97. The number of piperidine rings is 1. The van der Waals surface area contributed by atoms with Crippen LogP contribution in [0.15, 0.2) is 19.6 Å². The molecule has 0 spiro atoms. The molecule has 0 aliphatic carbocycles. The van der Waals surface area contributed by atoms with Gasteiger partial charge in [-0.1, -0.05) is 5.16 Å². The molecular weight excluding hydrogens is 382 g/mol. The second kappa shape index (κ2) is 8.01. The van der Waals surface area contributed by atoms with Crippen LogP contribution in [0.1, 0.15) is 43.6 Å². The number of carbonyl (C=O) groups is 1. The minimum absolute atomic E-state index is 0.0536. The van der Waals surface area contributed by atoms with Crippen molar-refractivity contribution in [3.05, 3.63) is 11.5 Å². The van der Waals surface area contributed by atoms with E-state index in [1.165, 1.54) is 4.31 Å². The van der Waals surface area contributed by atoms with E-state index in [-0.39, 0.29) is 22.5 Å². The summed E-state index contributed by atoms with van der Waals surface area (Å²) < 4.78 is 32.1. The van der Waals surface area contributed by atoms with Crippen molar-refractivity contribution in [2.75, 3.05) is 19.6 Å². The number of sulfonamides is 1. The van der Waals surface area contributed by atoms with Crippen LogP contribution < -0.4 is 5.32 Å². The Kier molecular flexibility index (Phi) is 5.86. The average Bonchev–Trinajstić information content (AvgIpc) is 3.36. The van der Waals surface area contributed by atoms with Crippen LogP contribution in [0.2, 0.25) is 0 Å². The number of rotatable bonds is 8. The lowest BCUT2D eigenvalue weighted by Gasteiger charge is -2.30. The van der Waals surface area contributed by atoms with Gasteiger partial charge in [-0.05, 0) is 26.7 Å². The molecule has 0 unspecified atom stereocenters. The Morgan fingerprint density at radius 1 is 1.32 bits per heavy atom. The van der Waals surface area contributed by atoms with Crippen molar-refractivity contribution in [2.24, 2.45) is 16.1 Å². The third-order valence-electron chi connectivity index (χ3n) is 5.27. The van der Waals surface area contributed by atoms with E-state index in [0.717, 1.165) is 0 Å². The number of hydrogen-bond donors (Lipinski definition) is 1. The molecule has 2 aliphatic heterocycles. The van der Waals surface area contributed by atoms with Crippen LogP contribution in [-0.4, -0.2) is 49.1 Å². The first-order valence-corrected chi connectivity index (χ1v) is 10.8. The van der Waals surface area contributed by atoms with E-state index in [2.05, 4.69) is 26.6 Å². The molecule has 9 nitrogen and oxygen atoms in total. The number of amides is 1. The number of aromatic nitrogens is 1. The van der Waals surface area contributed by atoms with E-state index in [1.807, 2.05) is 0 Å². The number of nitrogens with one attached hydrogen (secondary N) is 1. The fourth-order valence-electron chi connectivity index (χ4n) is 3.53. The van der Waals surface area contributed by atoms with Crippen molar-refractivity contribution in [3.63, 3.8) is 0 Å². The van der Waals surface area contributed by atoms with Gasteiger partial charge in [-0.3, -0.25) is 4.79 Å². The van der Waals surface area contributed by atoms with Gasteiger partial charge in [0.25, 0.3) is 0 Å². The van der Waals surface area contributed by atoms with Gasteiger partial charge in [-0.2, -0.15) is 14.5 Å². The normalized spacial score (nSPS) is 19.3. The molecule has 1 saturated heterocycles. The molecule has 2 aliphatic rings. The Labute approximate surface area is 165 Å². The zero-order valence-corrected chi connectivity index (χ0v) is 17.0. The fourth-order valence-corrected chi connectivity index (χ4v) is 5.29. The SMILES string of the molecule is C#CCCC1(CCNC(=O)C2CCN(S(=O)(=O)c3c(C)noc3C)CC2)N=N1. The quantitative estimate of drug-likeness (QED) is 0.659. The predicted octanol–water partition coefficient (Wildman–Crippen LogP) is 1.77. The summed E-state index contributed by atoms with van der Waals surface area (Å²) in [6, 6.07) is 0. The molecule has 0 aromatic carbocycles. The fraction of sp³-hybridized carbons (Fsp3) is 0.667. The minimum Gasteiger partial charge on any atom is -0.360 e. The zero-order valence-electron chi connectivity index (χ0n) is 16.1. The first-order valence-electron chi connectivity index (χ1n) is 9.37. The molecule has 1 aromatic heterocycles. The van der Waals surface area contributed by atoms with Crippen molar-refractivity contribution in [1.82, 2.24) is 14.8 Å². The van der Waals surface area contributed by atoms with E-state index < -0.39 is 15.7 Å². The molecule has 0 bridgehead atoms. The van der Waals surface area contributed by atoms with Crippen molar-refractivity contribution >= 4 is 15.9 Å². The van der Waals surface area contributed by atoms with Crippen molar-refractivity contribution in [1.29, 1.82) is 0 Å². The van der Waals surface area contributed by atoms with Crippen molar-refractivity contribution < 1.29 is 17.7 Å². The lowest BCUT2D eigenvalue weighted by molar-refractivity contribution is -0.126. The van der Waals surface area contributed by atoms with Gasteiger partial charge < -0.3 is 9.84 Å². The Bertz CT molecular complexity index is 881. The Hall–Kier alpha value is -2.25. The van der Waals surface area contributed by atoms with E-state index in [1.54, 1.807) is 13.8 Å². The summed E-state index contributed by atoms with van der Waals surface area (Å²) >= 11 is 0. The number of carbonyl (C=O) groups excluding carboxylic acids is 1. The highest BCUT2D eigenvalue weighted by atomic mass is 32.2. The Balaban J connectivity index is 1.47. The number of nitrogens with zero attached hydrogens (tertiary/aromatic N) is 4. The summed E-state index contributed by atoms with van der Waals surface area (Å²) in [5, 5.41) is 14.7. The van der Waals surface area contributed by atoms with Gasteiger partial charge in [0.15, 0.2) is 11.4 Å². The third-order valence-corrected chi connectivity index (χ3v) is 7.41. The summed E-state index contributed by atoms with van der Waals surface area (Å²) in [6.07, 6.45) is 8.18. The summed E-state index contributed by atoms with van der Waals surface area (Å²) in [5.74, 6) is 2.60. The van der Waals surface area contributed by atoms with Crippen LogP contribution in [0.5, 0.6) is 0 Å². The second-order valence-corrected chi connectivity index (χ2v) is 9.13. The number of terminal acetylenes is 1. The van der Waals surface area contributed by atoms with E-state index in [9.17, 15) is 13.2 Å². The highest BCUT2D eigenvalue weighted by Crippen LogP contribution is 2.36. The maximum Gasteiger partial charge on any atom is 0.248 e. The Morgan fingerprint density at radius 3 is 2.54 bits per heavy atom. The molecule has 3 rings (SSSR count). The van der Waals surface area contributed by atoms with Gasteiger partial charge in [0.2, 0.25) is 15.9 Å². The monoisotopic (exact) mass is 407 g/mol. The van der Waals surface area contributed by atoms with Gasteiger partial charge in [-0.15, -0.1) is 12.3 Å². The van der Waals surface area contributed by atoms with Gasteiger partial charge >= 0.3 is 0 Å². The summed E-state index contributed by atoms with van der Waals surface area (Å²) in [5.41, 5.74) is -0.0575. The van der Waals surface area contributed by atoms with E-state index in [0.29, 0.717) is 57.4 Å². The molecule has 10 heteroatoms. The molecule has 0 atom stereocenters. The molecule has 1 aromatic rings. The molecule has 1 fully saturated rings. The molecular formula is C18H25N5O4S. The molecule has 1 N–H and O–H groups in total. The number of aryl methyl sites for hydroxylation is 2. The smallest absolute Gasteiger partial charge is 0.248 e. The molecule has 152 valence electrons. The van der Waals surface area contributed by atoms with Gasteiger partial charge in [0.1, 0.15) is 10.6 Å². The highest BCUT2D eigenvalue weighted by molar-refractivity contribution is 7.89. The van der Waals surface area contributed by atoms with Crippen LogP contribution >= 0.6 is 0 Å². The minimum atomic E-state index is -3.66. The van der Waals surface area contributed by atoms with Crippen molar-refractivity contribution in [3.8, 4) is 12.3 Å². The summed E-state index contributed by atoms with van der Waals surface area (Å²) in [4.78, 5) is 12.5. The maximum atomic E-state index is 12.8. The standard InChI is InChI=1S/C18H25N5O4S/c1-4-5-8-18(21-22-18)9-10-19-17(24)15-6-11-23(12-7-15)28(25,26)16-13(2)20-27-14(16)3/h1,15H,5-12H2,2-3H3,(H,19,24). The van der Waals surface area contributed by atoms with Crippen LogP contribution in [0.25, 0.3) is 0 Å². The summed E-state index contributed by atoms with van der Waals surface area (Å²) in [6.45, 7) is 4.26. The van der Waals surface area contributed by atoms with Crippen LogP contribution in [-0.2, 0) is 14.8 Å². The Morgan fingerprint density at radius 2 is 2.00 bits per heavy atom. The first kappa shape index (κ1) is 20.5. The largest absolute Gasteiger partial charge is 0.360 e. The first-order chi connectivity index (χ1) is 13.3. The topological polar surface area (TPSA) is 117 Å². The average molecular weight is 407 g/mol. The zero-order chi connectivity index (χ0) is 20.4. The predicted molar refractivity (Wildman–Crippen MR) is 101 cm³/mol. The molecule has 0 radical (unpaired) electrons. The third kappa shape index (κ3) is 4.25. The van der Waals surface area contributed by atoms with Gasteiger partial charge in [0.05, 0.1) is 0 Å². The molecule has 3 heterocycles. The lowest BCUT2D eigenvalue weighted by Crippen LogP contribution is -2.43. The van der Waals surface area contributed by atoms with Crippen LogP contribution in [0.4, 0.5) is 0 Å². The summed E-state index contributed by atoms with van der Waals surface area (Å²) in [7, 11) is -3.66. The second-order valence-electron chi connectivity index (χ2n) is 7.26. The van der Waals surface area contributed by atoms with Crippen LogP contribution in [0.3, 0.4) is 0 Å². The molecule has 0 saturated carbocycles. The van der Waals surface area contributed by atoms with E-state index in [4.69, 9.17) is 10.9 Å².